The van der Waals surface area contributed by atoms with Crippen LogP contribution in [0.3, 0.4) is 0 Å². The van der Waals surface area contributed by atoms with Crippen molar-refractivity contribution in [2.75, 3.05) is 6.61 Å². The van der Waals surface area contributed by atoms with Gasteiger partial charge in [0.15, 0.2) is 0 Å². The Bertz CT molecular complexity index is 286. The van der Waals surface area contributed by atoms with E-state index in [0.29, 0.717) is 12.1 Å². The Balaban J connectivity index is 2.48. The third-order valence-corrected chi connectivity index (χ3v) is 3.04. The Kier molecular flexibility index (Phi) is 6.90. The van der Waals surface area contributed by atoms with Crippen LogP contribution >= 0.6 is 0 Å². The Morgan fingerprint density at radius 1 is 1.18 bits per heavy atom. The van der Waals surface area contributed by atoms with Crippen molar-refractivity contribution in [1.29, 1.82) is 0 Å². The molecule has 0 heterocycles. The van der Waals surface area contributed by atoms with Crippen LogP contribution < -0.4 is 5.32 Å². The van der Waals surface area contributed by atoms with Crippen LogP contribution in [0.5, 0.6) is 0 Å². The van der Waals surface area contributed by atoms with Crippen molar-refractivity contribution in [3.05, 3.63) is 35.9 Å². The zero-order chi connectivity index (χ0) is 12.5. The molecule has 2 nitrogen and oxygen atoms in total. The predicted octanol–water partition coefficient (Wildman–Crippen LogP) is 2.76. The van der Waals surface area contributed by atoms with Gasteiger partial charge in [-0.2, -0.15) is 0 Å². The second-order valence-corrected chi connectivity index (χ2v) is 4.76. The lowest BCUT2D eigenvalue weighted by Crippen LogP contribution is -2.38. The van der Waals surface area contributed by atoms with E-state index >= 15 is 0 Å². The quantitative estimate of drug-likeness (QED) is 0.726. The SMILES string of the molecule is CCCC(Cc1ccccc1)NC(C)CCO. The standard InChI is InChI=1S/C15H25NO/c1-3-7-15(16-13(2)10-11-17)12-14-8-5-4-6-9-14/h4-6,8-9,13,15-17H,3,7,10-12H2,1-2H3. The Morgan fingerprint density at radius 2 is 1.88 bits per heavy atom. The van der Waals surface area contributed by atoms with Crippen molar-refractivity contribution in [1.82, 2.24) is 5.32 Å². The van der Waals surface area contributed by atoms with E-state index in [1.54, 1.807) is 0 Å². The summed E-state index contributed by atoms with van der Waals surface area (Å²) in [6.45, 7) is 4.62. The van der Waals surface area contributed by atoms with Crippen LogP contribution in [0.2, 0.25) is 0 Å². The molecule has 0 fully saturated rings. The molecule has 0 bridgehead atoms. The van der Waals surface area contributed by atoms with Gasteiger partial charge < -0.3 is 10.4 Å². The zero-order valence-electron chi connectivity index (χ0n) is 11.0. The van der Waals surface area contributed by atoms with E-state index in [2.05, 4.69) is 49.5 Å². The van der Waals surface area contributed by atoms with Crippen LogP contribution in [0.4, 0.5) is 0 Å². The lowest BCUT2D eigenvalue weighted by atomic mass is 10.0. The van der Waals surface area contributed by atoms with Crippen molar-refractivity contribution >= 4 is 0 Å². The van der Waals surface area contributed by atoms with E-state index in [0.717, 1.165) is 12.8 Å². The van der Waals surface area contributed by atoms with E-state index < -0.39 is 0 Å². The minimum Gasteiger partial charge on any atom is -0.396 e. The van der Waals surface area contributed by atoms with Gasteiger partial charge in [0, 0.05) is 18.7 Å². The lowest BCUT2D eigenvalue weighted by molar-refractivity contribution is 0.261. The number of hydrogen-bond donors (Lipinski definition) is 2. The first-order valence-electron chi connectivity index (χ1n) is 6.67. The van der Waals surface area contributed by atoms with Crippen molar-refractivity contribution < 1.29 is 5.11 Å². The first-order chi connectivity index (χ1) is 8.26. The molecule has 0 aliphatic rings. The summed E-state index contributed by atoms with van der Waals surface area (Å²) >= 11 is 0. The smallest absolute Gasteiger partial charge is 0.0445 e. The van der Waals surface area contributed by atoms with Crippen LogP contribution in [0.25, 0.3) is 0 Å². The van der Waals surface area contributed by atoms with E-state index in [-0.39, 0.29) is 6.61 Å². The van der Waals surface area contributed by atoms with E-state index in [1.165, 1.54) is 18.4 Å². The number of aliphatic hydroxyl groups excluding tert-OH is 1. The summed E-state index contributed by atoms with van der Waals surface area (Å²) in [5, 5.41) is 12.5. The molecule has 2 N–H and O–H groups in total. The molecule has 0 saturated carbocycles. The number of benzene rings is 1. The van der Waals surface area contributed by atoms with Crippen LogP contribution in [-0.4, -0.2) is 23.8 Å². The van der Waals surface area contributed by atoms with E-state index in [9.17, 15) is 0 Å². The van der Waals surface area contributed by atoms with Gasteiger partial charge in [0.1, 0.15) is 0 Å². The highest BCUT2D eigenvalue weighted by Crippen LogP contribution is 2.09. The maximum absolute atomic E-state index is 8.93. The average molecular weight is 235 g/mol. The summed E-state index contributed by atoms with van der Waals surface area (Å²) in [5.41, 5.74) is 1.38. The molecule has 17 heavy (non-hydrogen) atoms. The number of rotatable bonds is 8. The fraction of sp³-hybridized carbons (Fsp3) is 0.600. The van der Waals surface area contributed by atoms with Crippen molar-refractivity contribution in [2.45, 2.75) is 51.6 Å². The van der Waals surface area contributed by atoms with Crippen molar-refractivity contribution in [2.24, 2.45) is 0 Å². The van der Waals surface area contributed by atoms with Crippen molar-refractivity contribution in [3.8, 4) is 0 Å². The molecule has 0 aliphatic heterocycles. The summed E-state index contributed by atoms with van der Waals surface area (Å²) in [4.78, 5) is 0. The molecule has 2 atom stereocenters. The lowest BCUT2D eigenvalue weighted by Gasteiger charge is -2.22. The van der Waals surface area contributed by atoms with E-state index in [4.69, 9.17) is 5.11 Å². The van der Waals surface area contributed by atoms with Crippen LogP contribution in [0.15, 0.2) is 30.3 Å². The molecule has 2 heteroatoms. The first-order valence-corrected chi connectivity index (χ1v) is 6.67. The molecular weight excluding hydrogens is 210 g/mol. The Hall–Kier alpha value is -0.860. The van der Waals surface area contributed by atoms with Gasteiger partial charge >= 0.3 is 0 Å². The summed E-state index contributed by atoms with van der Waals surface area (Å²) in [5.74, 6) is 0. The normalized spacial score (nSPS) is 14.5. The number of aliphatic hydroxyl groups is 1. The molecule has 0 spiro atoms. The van der Waals surface area contributed by atoms with Gasteiger partial charge in [-0.15, -0.1) is 0 Å². The second-order valence-electron chi connectivity index (χ2n) is 4.76. The third-order valence-electron chi connectivity index (χ3n) is 3.04. The summed E-state index contributed by atoms with van der Waals surface area (Å²) in [7, 11) is 0. The molecule has 0 aromatic heterocycles. The maximum Gasteiger partial charge on any atom is 0.0445 e. The van der Waals surface area contributed by atoms with Gasteiger partial charge in [0.05, 0.1) is 0 Å². The van der Waals surface area contributed by atoms with Crippen LogP contribution in [0.1, 0.15) is 38.7 Å². The summed E-state index contributed by atoms with van der Waals surface area (Å²) in [6, 6.07) is 11.5. The molecule has 2 unspecified atom stereocenters. The van der Waals surface area contributed by atoms with Crippen molar-refractivity contribution in [3.63, 3.8) is 0 Å². The molecular formula is C15H25NO. The second kappa shape index (κ2) is 8.26. The highest BCUT2D eigenvalue weighted by molar-refractivity contribution is 5.15. The summed E-state index contributed by atoms with van der Waals surface area (Å²) in [6.07, 6.45) is 4.28. The molecule has 0 aliphatic carbocycles. The molecule has 96 valence electrons. The molecule has 0 amide bonds. The largest absolute Gasteiger partial charge is 0.396 e. The van der Waals surface area contributed by atoms with Gasteiger partial charge in [-0.3, -0.25) is 0 Å². The van der Waals surface area contributed by atoms with Gasteiger partial charge in [-0.05, 0) is 31.7 Å². The average Bonchev–Trinajstić information content (AvgIpc) is 2.31. The number of hydrogen-bond acceptors (Lipinski definition) is 2. The zero-order valence-corrected chi connectivity index (χ0v) is 11.0. The van der Waals surface area contributed by atoms with Gasteiger partial charge in [-0.1, -0.05) is 43.7 Å². The van der Waals surface area contributed by atoms with E-state index in [1.807, 2.05) is 0 Å². The predicted molar refractivity (Wildman–Crippen MR) is 73.1 cm³/mol. The maximum atomic E-state index is 8.93. The minimum absolute atomic E-state index is 0.262. The molecule has 1 aromatic rings. The fourth-order valence-corrected chi connectivity index (χ4v) is 2.17. The number of nitrogens with one attached hydrogen (secondary N) is 1. The first kappa shape index (κ1) is 14.2. The fourth-order valence-electron chi connectivity index (χ4n) is 2.17. The summed E-state index contributed by atoms with van der Waals surface area (Å²) < 4.78 is 0. The van der Waals surface area contributed by atoms with Gasteiger partial charge in [-0.25, -0.2) is 0 Å². The van der Waals surface area contributed by atoms with Crippen LogP contribution in [-0.2, 0) is 6.42 Å². The Morgan fingerprint density at radius 3 is 2.47 bits per heavy atom. The van der Waals surface area contributed by atoms with Gasteiger partial charge in [0.25, 0.3) is 0 Å². The molecule has 0 radical (unpaired) electrons. The Labute approximate surface area is 105 Å². The third kappa shape index (κ3) is 5.85. The highest BCUT2D eigenvalue weighted by atomic mass is 16.3. The highest BCUT2D eigenvalue weighted by Gasteiger charge is 2.11. The molecule has 1 aromatic carbocycles. The minimum atomic E-state index is 0.262. The van der Waals surface area contributed by atoms with Gasteiger partial charge in [0.2, 0.25) is 0 Å². The monoisotopic (exact) mass is 235 g/mol. The topological polar surface area (TPSA) is 32.3 Å². The molecule has 0 saturated heterocycles. The van der Waals surface area contributed by atoms with Crippen LogP contribution in [0, 0.1) is 0 Å². The molecule has 1 rings (SSSR count).